The summed E-state index contributed by atoms with van der Waals surface area (Å²) in [6.45, 7) is 1.15. The smallest absolute Gasteiger partial charge is 0.469 e. The number of nitrogens with zero attached hydrogens (tertiary/aromatic N) is 3. The van der Waals surface area contributed by atoms with E-state index in [1.165, 1.54) is 6.26 Å². The van der Waals surface area contributed by atoms with Crippen LogP contribution in [0.3, 0.4) is 0 Å². The van der Waals surface area contributed by atoms with Crippen LogP contribution in [0.15, 0.2) is 36.7 Å². The van der Waals surface area contributed by atoms with E-state index in [2.05, 4.69) is 15.3 Å². The minimum absolute atomic E-state index is 0.0654. The fourth-order valence-corrected chi connectivity index (χ4v) is 7.10. The van der Waals surface area contributed by atoms with Crippen molar-refractivity contribution in [1.29, 1.82) is 0 Å². The number of aromatic amines is 1. The summed E-state index contributed by atoms with van der Waals surface area (Å²) in [6, 6.07) is 7.64. The number of anilines is 1. The molecular weight excluding hydrogens is 597 g/mol. The number of piperidine rings is 1. The van der Waals surface area contributed by atoms with Gasteiger partial charge in [-0.2, -0.15) is 0 Å². The van der Waals surface area contributed by atoms with Gasteiger partial charge in [-0.3, -0.25) is 9.32 Å². The van der Waals surface area contributed by atoms with E-state index in [0.717, 1.165) is 42.1 Å². The number of ether oxygens (including phenoxy) is 1. The molecule has 1 amide bonds. The Kier molecular flexibility index (Phi) is 9.72. The SMILES string of the molecule is CS(=O)(=O)CCCOc1cccc2[nH]cc(-c3ccnc(NC4CCC(C(=O)N5CCC(OP(=O)(O)O)CC5)CC4)n3)c12. The zero-order valence-corrected chi connectivity index (χ0v) is 25.7. The van der Waals surface area contributed by atoms with Gasteiger partial charge >= 0.3 is 7.82 Å². The summed E-state index contributed by atoms with van der Waals surface area (Å²) in [5, 5.41) is 4.30. The normalized spacial score (nSPS) is 20.3. The molecule has 2 aromatic heterocycles. The number of benzene rings is 1. The lowest BCUT2D eigenvalue weighted by Gasteiger charge is -2.36. The lowest BCUT2D eigenvalue weighted by Crippen LogP contribution is -2.44. The second-order valence-electron chi connectivity index (χ2n) is 11.3. The molecule has 1 aliphatic carbocycles. The maximum absolute atomic E-state index is 13.1. The molecule has 1 aromatic carbocycles. The van der Waals surface area contributed by atoms with E-state index in [0.29, 0.717) is 49.7 Å². The Balaban J connectivity index is 1.17. The molecule has 13 nitrogen and oxygen atoms in total. The summed E-state index contributed by atoms with van der Waals surface area (Å²) < 4.78 is 44.8. The van der Waals surface area contributed by atoms with Crippen molar-refractivity contribution in [1.82, 2.24) is 19.9 Å². The largest absolute Gasteiger partial charge is 0.493 e. The average Bonchev–Trinajstić information content (AvgIpc) is 3.40. The monoisotopic (exact) mass is 635 g/mol. The van der Waals surface area contributed by atoms with Crippen molar-refractivity contribution in [2.24, 2.45) is 5.92 Å². The number of hydrogen-bond donors (Lipinski definition) is 4. The molecule has 3 heterocycles. The summed E-state index contributed by atoms with van der Waals surface area (Å²) in [5.74, 6) is 1.24. The number of nitrogens with one attached hydrogen (secondary N) is 2. The topological polar surface area (TPSA) is 184 Å². The highest BCUT2D eigenvalue weighted by Crippen LogP contribution is 2.40. The molecule has 1 saturated heterocycles. The van der Waals surface area contributed by atoms with E-state index < -0.39 is 23.8 Å². The van der Waals surface area contributed by atoms with Gasteiger partial charge in [0.2, 0.25) is 11.9 Å². The first-order valence-corrected chi connectivity index (χ1v) is 18.1. The number of hydrogen-bond acceptors (Lipinski definition) is 9. The van der Waals surface area contributed by atoms with Crippen LogP contribution in [-0.4, -0.2) is 87.8 Å². The van der Waals surface area contributed by atoms with E-state index >= 15 is 0 Å². The predicted octanol–water partition coefficient (Wildman–Crippen LogP) is 3.51. The Labute approximate surface area is 250 Å². The molecule has 0 spiro atoms. The maximum Gasteiger partial charge on any atom is 0.469 e. The van der Waals surface area contributed by atoms with Gasteiger partial charge in [0.25, 0.3) is 0 Å². The minimum atomic E-state index is -4.53. The third kappa shape index (κ3) is 8.54. The number of phosphoric ester groups is 1. The molecule has 15 heteroatoms. The summed E-state index contributed by atoms with van der Waals surface area (Å²) in [7, 11) is -7.58. The lowest BCUT2D eigenvalue weighted by molar-refractivity contribution is -0.138. The number of carbonyl (C=O) groups excluding carboxylic acids is 1. The zero-order valence-electron chi connectivity index (χ0n) is 24.0. The molecule has 43 heavy (non-hydrogen) atoms. The van der Waals surface area contributed by atoms with Crippen LogP contribution in [0.4, 0.5) is 5.95 Å². The van der Waals surface area contributed by atoms with E-state index in [1.54, 1.807) is 11.1 Å². The van der Waals surface area contributed by atoms with Crippen LogP contribution in [-0.2, 0) is 23.7 Å². The van der Waals surface area contributed by atoms with E-state index in [-0.39, 0.29) is 30.2 Å². The van der Waals surface area contributed by atoms with Crippen LogP contribution in [0.5, 0.6) is 5.75 Å². The summed E-state index contributed by atoms with van der Waals surface area (Å²) in [6.07, 6.45) is 8.53. The van der Waals surface area contributed by atoms with Gasteiger partial charge in [0.15, 0.2) is 0 Å². The number of H-pyrrole nitrogens is 1. The Bertz CT molecular complexity index is 1580. The first-order chi connectivity index (χ1) is 20.4. The maximum atomic E-state index is 13.1. The molecule has 2 aliphatic rings. The van der Waals surface area contributed by atoms with Crippen molar-refractivity contribution in [3.8, 4) is 17.0 Å². The highest BCUT2D eigenvalue weighted by atomic mass is 32.2. The highest BCUT2D eigenvalue weighted by Gasteiger charge is 2.33. The van der Waals surface area contributed by atoms with Gasteiger partial charge in [-0.05, 0) is 63.1 Å². The second kappa shape index (κ2) is 13.3. The first kappa shape index (κ1) is 31.4. The highest BCUT2D eigenvalue weighted by molar-refractivity contribution is 7.90. The van der Waals surface area contributed by atoms with Gasteiger partial charge < -0.3 is 29.7 Å². The Hall–Kier alpha value is -3.03. The zero-order chi connectivity index (χ0) is 30.6. The van der Waals surface area contributed by atoms with Crippen LogP contribution in [0, 0.1) is 5.92 Å². The van der Waals surface area contributed by atoms with Crippen LogP contribution in [0.1, 0.15) is 44.9 Å². The molecule has 1 aliphatic heterocycles. The van der Waals surface area contributed by atoms with E-state index in [4.69, 9.17) is 24.0 Å². The lowest BCUT2D eigenvalue weighted by atomic mass is 9.85. The van der Waals surface area contributed by atoms with Crippen LogP contribution >= 0.6 is 7.82 Å². The molecule has 5 rings (SSSR count). The van der Waals surface area contributed by atoms with Crippen molar-refractivity contribution in [2.75, 3.05) is 37.0 Å². The quantitative estimate of drug-likeness (QED) is 0.179. The minimum Gasteiger partial charge on any atom is -0.493 e. The number of amides is 1. The Morgan fingerprint density at radius 3 is 2.58 bits per heavy atom. The summed E-state index contributed by atoms with van der Waals surface area (Å²) >= 11 is 0. The number of rotatable bonds is 11. The number of aromatic nitrogens is 3. The molecule has 0 unspecified atom stereocenters. The number of sulfone groups is 1. The van der Waals surface area contributed by atoms with Gasteiger partial charge in [-0.25, -0.2) is 23.0 Å². The molecular formula is C28H38N5O8PS. The van der Waals surface area contributed by atoms with Gasteiger partial charge in [-0.1, -0.05) is 6.07 Å². The fourth-order valence-electron chi connectivity index (χ4n) is 5.86. The van der Waals surface area contributed by atoms with Crippen molar-refractivity contribution in [2.45, 2.75) is 57.1 Å². The number of likely N-dealkylation sites (tertiary alicyclic amines) is 1. The molecule has 2 fully saturated rings. The average molecular weight is 636 g/mol. The van der Waals surface area contributed by atoms with Crippen molar-refractivity contribution in [3.63, 3.8) is 0 Å². The second-order valence-corrected chi connectivity index (χ2v) is 14.7. The van der Waals surface area contributed by atoms with E-state index in [9.17, 15) is 17.8 Å². The van der Waals surface area contributed by atoms with Gasteiger partial charge in [0.05, 0.1) is 29.5 Å². The molecule has 1 saturated carbocycles. The molecule has 0 atom stereocenters. The predicted molar refractivity (Wildman–Crippen MR) is 161 cm³/mol. The number of carbonyl (C=O) groups is 1. The number of phosphoric acid groups is 1. The number of fused-ring (bicyclic) bond motifs is 1. The van der Waals surface area contributed by atoms with Crippen molar-refractivity contribution >= 4 is 40.4 Å². The standard InChI is InChI=1S/C28H38N5O8PS/c1-43(38,39)17-3-16-40-25-5-2-4-24-26(25)22(18-30-24)23-10-13-29-28(32-23)31-20-8-6-19(7-9-20)27(34)33-14-11-21(12-15-33)41-42(35,36)37/h2,4-5,10,13,18-21,30H,3,6-9,11-12,14-17H2,1H3,(H,29,31,32)(H2,35,36,37). The third-order valence-electron chi connectivity index (χ3n) is 7.97. The van der Waals surface area contributed by atoms with Crippen molar-refractivity contribution < 1.29 is 36.8 Å². The van der Waals surface area contributed by atoms with E-state index in [1.807, 2.05) is 30.5 Å². The molecule has 4 N–H and O–H groups in total. The molecule has 0 bridgehead atoms. The van der Waals surface area contributed by atoms with Crippen LogP contribution in [0.2, 0.25) is 0 Å². The Morgan fingerprint density at radius 1 is 1.14 bits per heavy atom. The van der Waals surface area contributed by atoms with Crippen LogP contribution in [0.25, 0.3) is 22.2 Å². The molecule has 3 aromatic rings. The summed E-state index contributed by atoms with van der Waals surface area (Å²) in [5.41, 5.74) is 2.44. The van der Waals surface area contributed by atoms with Crippen LogP contribution < -0.4 is 10.1 Å². The third-order valence-corrected chi connectivity index (χ3v) is 9.57. The fraction of sp³-hybridized carbons (Fsp3) is 0.536. The summed E-state index contributed by atoms with van der Waals surface area (Å²) in [4.78, 5) is 45.4. The molecule has 0 radical (unpaired) electrons. The molecule has 234 valence electrons. The van der Waals surface area contributed by atoms with Gasteiger partial charge in [0.1, 0.15) is 15.6 Å². The van der Waals surface area contributed by atoms with Gasteiger partial charge in [0, 0.05) is 54.8 Å². The van der Waals surface area contributed by atoms with Gasteiger partial charge in [-0.15, -0.1) is 0 Å². The Morgan fingerprint density at radius 2 is 1.88 bits per heavy atom. The van der Waals surface area contributed by atoms with Crippen molar-refractivity contribution in [3.05, 3.63) is 36.7 Å². The first-order valence-electron chi connectivity index (χ1n) is 14.5.